The first-order valence-corrected chi connectivity index (χ1v) is 5.51. The molecule has 0 saturated heterocycles. The van der Waals surface area contributed by atoms with Crippen LogP contribution in [0.15, 0.2) is 0 Å². The van der Waals surface area contributed by atoms with Gasteiger partial charge >= 0.3 is 0 Å². The number of nitrogens with one attached hydrogen (secondary N) is 2. The Kier molecular flexibility index (Phi) is 3.09. The van der Waals surface area contributed by atoms with Crippen LogP contribution in [0.25, 0.3) is 11.0 Å². The highest BCUT2D eigenvalue weighted by atomic mass is 35.5. The molecule has 0 saturated carbocycles. The van der Waals surface area contributed by atoms with Crippen LogP contribution in [0.3, 0.4) is 0 Å². The molecule has 0 aliphatic carbocycles. The Balaban J connectivity index is 2.35. The first kappa shape index (κ1) is 10.9. The molecule has 86 valence electrons. The second-order valence-corrected chi connectivity index (χ2v) is 3.82. The summed E-state index contributed by atoms with van der Waals surface area (Å²) in [6.45, 7) is 2.95. The van der Waals surface area contributed by atoms with Crippen LogP contribution < -0.4 is 11.1 Å². The molecule has 0 atom stereocenters. The number of nitrogens with zero attached hydrogens (tertiary/aromatic N) is 3. The highest BCUT2D eigenvalue weighted by molar-refractivity contribution is 6.34. The van der Waals surface area contributed by atoms with Gasteiger partial charge in [-0.15, -0.1) is 0 Å². The first-order valence-electron chi connectivity index (χ1n) is 5.13. The van der Waals surface area contributed by atoms with Gasteiger partial charge < -0.3 is 11.1 Å². The normalized spacial score (nSPS) is 10.9. The maximum absolute atomic E-state index is 5.89. The number of hydrogen-bond donors (Lipinski definition) is 3. The van der Waals surface area contributed by atoms with Gasteiger partial charge in [-0.2, -0.15) is 10.1 Å². The van der Waals surface area contributed by atoms with Crippen LogP contribution in [0.4, 0.5) is 11.8 Å². The lowest BCUT2D eigenvalue weighted by atomic mass is 10.3. The monoisotopic (exact) mass is 240 g/mol. The van der Waals surface area contributed by atoms with Gasteiger partial charge in [0.1, 0.15) is 5.52 Å². The molecular formula is C9H13ClN6. The summed E-state index contributed by atoms with van der Waals surface area (Å²) in [6.07, 6.45) is 2.17. The fourth-order valence-electron chi connectivity index (χ4n) is 1.40. The van der Waals surface area contributed by atoms with E-state index in [1.54, 1.807) is 0 Å². The number of nitrogen functional groups attached to an aromatic ring is 1. The summed E-state index contributed by atoms with van der Waals surface area (Å²) in [5.41, 5.74) is 6.76. The molecule has 7 heteroatoms. The van der Waals surface area contributed by atoms with Gasteiger partial charge in [-0.25, -0.2) is 4.98 Å². The summed E-state index contributed by atoms with van der Waals surface area (Å²) in [7, 11) is 0. The lowest BCUT2D eigenvalue weighted by Crippen LogP contribution is -2.06. The summed E-state index contributed by atoms with van der Waals surface area (Å²) in [6, 6.07) is 0. The number of fused-ring (bicyclic) bond motifs is 1. The number of anilines is 2. The number of aromatic amines is 1. The molecule has 4 N–H and O–H groups in total. The van der Waals surface area contributed by atoms with Gasteiger partial charge in [0.2, 0.25) is 5.95 Å². The first-order chi connectivity index (χ1) is 7.72. The van der Waals surface area contributed by atoms with Gasteiger partial charge in [0, 0.05) is 6.54 Å². The van der Waals surface area contributed by atoms with Crippen molar-refractivity contribution in [2.24, 2.45) is 0 Å². The predicted molar refractivity (Wildman–Crippen MR) is 64.5 cm³/mol. The molecule has 0 bridgehead atoms. The van der Waals surface area contributed by atoms with E-state index in [0.717, 1.165) is 19.4 Å². The van der Waals surface area contributed by atoms with Crippen LogP contribution in [-0.4, -0.2) is 26.7 Å². The molecule has 0 aliphatic heterocycles. The van der Waals surface area contributed by atoms with Crippen LogP contribution in [0, 0.1) is 0 Å². The fourth-order valence-corrected chi connectivity index (χ4v) is 1.57. The number of aromatic nitrogens is 4. The Labute approximate surface area is 97.6 Å². The minimum Gasteiger partial charge on any atom is -0.368 e. The minimum atomic E-state index is 0.190. The maximum atomic E-state index is 5.89. The lowest BCUT2D eigenvalue weighted by Gasteiger charge is -2.05. The van der Waals surface area contributed by atoms with E-state index in [2.05, 4.69) is 32.4 Å². The number of rotatable bonds is 4. The highest BCUT2D eigenvalue weighted by Gasteiger charge is 2.11. The lowest BCUT2D eigenvalue weighted by molar-refractivity contribution is 0.831. The van der Waals surface area contributed by atoms with E-state index in [0.29, 0.717) is 22.0 Å². The quantitative estimate of drug-likeness (QED) is 0.709. The zero-order chi connectivity index (χ0) is 11.5. The molecular weight excluding hydrogens is 228 g/mol. The molecule has 0 aliphatic rings. The molecule has 0 aromatic carbocycles. The van der Waals surface area contributed by atoms with E-state index in [9.17, 15) is 0 Å². The zero-order valence-electron chi connectivity index (χ0n) is 8.92. The van der Waals surface area contributed by atoms with Gasteiger partial charge in [0.15, 0.2) is 16.5 Å². The molecule has 16 heavy (non-hydrogen) atoms. The summed E-state index contributed by atoms with van der Waals surface area (Å²) in [4.78, 5) is 8.13. The van der Waals surface area contributed by atoms with Crippen LogP contribution in [0.2, 0.25) is 5.15 Å². The van der Waals surface area contributed by atoms with E-state index in [4.69, 9.17) is 17.3 Å². The largest absolute Gasteiger partial charge is 0.368 e. The smallest absolute Gasteiger partial charge is 0.222 e. The van der Waals surface area contributed by atoms with E-state index < -0.39 is 0 Å². The standard InChI is InChI=1S/C9H13ClN6/c1-2-3-4-12-8-6-5(7(10)16-15-6)13-9(11)14-8/h2-4H2,1H3,(H,15,16)(H3,11,12,13,14). The minimum absolute atomic E-state index is 0.190. The molecule has 2 heterocycles. The van der Waals surface area contributed by atoms with Gasteiger partial charge in [-0.1, -0.05) is 24.9 Å². The van der Waals surface area contributed by atoms with Crippen LogP contribution in [0.1, 0.15) is 19.8 Å². The fraction of sp³-hybridized carbons (Fsp3) is 0.444. The Morgan fingerprint density at radius 2 is 2.19 bits per heavy atom. The number of nitrogens with two attached hydrogens (primary N) is 1. The van der Waals surface area contributed by atoms with E-state index in [1.165, 1.54) is 0 Å². The van der Waals surface area contributed by atoms with Crippen molar-refractivity contribution < 1.29 is 0 Å². The third-order valence-electron chi connectivity index (χ3n) is 2.20. The molecule has 2 aromatic heterocycles. The summed E-state index contributed by atoms with van der Waals surface area (Å²) >= 11 is 5.89. The summed E-state index contributed by atoms with van der Waals surface area (Å²) in [5, 5.41) is 10.2. The summed E-state index contributed by atoms with van der Waals surface area (Å²) < 4.78 is 0. The molecule has 6 nitrogen and oxygen atoms in total. The Hall–Kier alpha value is -1.56. The van der Waals surface area contributed by atoms with Crippen molar-refractivity contribution in [3.63, 3.8) is 0 Å². The maximum Gasteiger partial charge on any atom is 0.222 e. The molecule has 0 fully saturated rings. The van der Waals surface area contributed by atoms with Crippen LogP contribution in [-0.2, 0) is 0 Å². The predicted octanol–water partition coefficient (Wildman–Crippen LogP) is 1.80. The third kappa shape index (κ3) is 2.01. The Morgan fingerprint density at radius 3 is 2.94 bits per heavy atom. The second kappa shape index (κ2) is 4.52. The van der Waals surface area contributed by atoms with E-state index in [1.807, 2.05) is 0 Å². The number of unbranched alkanes of at least 4 members (excludes halogenated alkanes) is 1. The Bertz CT molecular complexity index is 494. The second-order valence-electron chi connectivity index (χ2n) is 3.45. The molecule has 2 rings (SSSR count). The highest BCUT2D eigenvalue weighted by Crippen LogP contribution is 2.24. The van der Waals surface area contributed by atoms with E-state index >= 15 is 0 Å². The number of H-pyrrole nitrogens is 1. The molecule has 0 radical (unpaired) electrons. The molecule has 2 aromatic rings. The van der Waals surface area contributed by atoms with E-state index in [-0.39, 0.29) is 5.95 Å². The number of halogens is 1. The molecule has 0 spiro atoms. The van der Waals surface area contributed by atoms with Crippen molar-refractivity contribution >= 4 is 34.4 Å². The average molecular weight is 241 g/mol. The number of hydrogen-bond acceptors (Lipinski definition) is 5. The zero-order valence-corrected chi connectivity index (χ0v) is 9.67. The molecule has 0 unspecified atom stereocenters. The van der Waals surface area contributed by atoms with Crippen LogP contribution >= 0.6 is 11.6 Å². The van der Waals surface area contributed by atoms with Crippen molar-refractivity contribution in [2.75, 3.05) is 17.6 Å². The summed E-state index contributed by atoms with van der Waals surface area (Å²) in [5.74, 6) is 0.814. The van der Waals surface area contributed by atoms with Gasteiger partial charge in [0.25, 0.3) is 0 Å². The van der Waals surface area contributed by atoms with Gasteiger partial charge in [-0.05, 0) is 6.42 Å². The SMILES string of the molecule is CCCCNc1nc(N)nc2c(Cl)[nH]nc12. The van der Waals surface area contributed by atoms with Crippen molar-refractivity contribution in [1.82, 2.24) is 20.2 Å². The molecule has 0 amide bonds. The van der Waals surface area contributed by atoms with Gasteiger partial charge in [0.05, 0.1) is 0 Å². The third-order valence-corrected chi connectivity index (χ3v) is 2.46. The van der Waals surface area contributed by atoms with Crippen molar-refractivity contribution in [3.8, 4) is 0 Å². The average Bonchev–Trinajstić information content (AvgIpc) is 2.61. The van der Waals surface area contributed by atoms with Crippen molar-refractivity contribution in [1.29, 1.82) is 0 Å². The van der Waals surface area contributed by atoms with Crippen LogP contribution in [0.5, 0.6) is 0 Å². The topological polar surface area (TPSA) is 92.5 Å². The van der Waals surface area contributed by atoms with Crippen molar-refractivity contribution in [3.05, 3.63) is 5.15 Å². The van der Waals surface area contributed by atoms with Gasteiger partial charge in [-0.3, -0.25) is 5.10 Å². The van der Waals surface area contributed by atoms with Crippen molar-refractivity contribution in [2.45, 2.75) is 19.8 Å². The Morgan fingerprint density at radius 1 is 1.38 bits per heavy atom.